The Balaban J connectivity index is 1.30. The maximum Gasteiger partial charge on any atom is 0.240 e. The van der Waals surface area contributed by atoms with Crippen LogP contribution < -0.4 is 15.5 Å². The fraction of sp³-hybridized carbons (Fsp3) is 0.0769. The van der Waals surface area contributed by atoms with E-state index in [1.807, 2.05) is 30.3 Å². The molecule has 2 radical (unpaired) electrons. The van der Waals surface area contributed by atoms with Crippen LogP contribution in [-0.2, 0) is 23.1 Å². The maximum atomic E-state index is 13.1. The van der Waals surface area contributed by atoms with E-state index < -0.39 is 15.8 Å². The Hall–Kier alpha value is -4.22. The minimum atomic E-state index is -3.75. The number of hydrogen-bond donors (Lipinski definition) is 3. The third-order valence-electron chi connectivity index (χ3n) is 5.77. The molecule has 2 heterocycles. The number of nitrogens with one attached hydrogen (secondary N) is 2. The zero-order valence-electron chi connectivity index (χ0n) is 19.5. The summed E-state index contributed by atoms with van der Waals surface area (Å²) >= 11 is 0. The number of anilines is 1. The van der Waals surface area contributed by atoms with Crippen molar-refractivity contribution in [2.24, 2.45) is 0 Å². The van der Waals surface area contributed by atoms with Crippen LogP contribution in [0.4, 0.5) is 10.2 Å². The average molecular weight is 513 g/mol. The van der Waals surface area contributed by atoms with Crippen molar-refractivity contribution in [2.75, 3.05) is 5.32 Å². The monoisotopic (exact) mass is 513 g/mol. The van der Waals surface area contributed by atoms with Crippen molar-refractivity contribution in [3.05, 3.63) is 102 Å². The first kappa shape index (κ1) is 24.5. The predicted molar refractivity (Wildman–Crippen MR) is 140 cm³/mol. The Labute approximate surface area is 214 Å². The summed E-state index contributed by atoms with van der Waals surface area (Å²) in [5, 5.41) is 17.9. The van der Waals surface area contributed by atoms with Crippen molar-refractivity contribution in [1.29, 1.82) is 0 Å². The van der Waals surface area contributed by atoms with Gasteiger partial charge in [0.1, 0.15) is 25.2 Å². The van der Waals surface area contributed by atoms with E-state index in [4.69, 9.17) is 7.85 Å². The zero-order chi connectivity index (χ0) is 26.0. The van der Waals surface area contributed by atoms with Gasteiger partial charge in [-0.15, -0.1) is 0 Å². The van der Waals surface area contributed by atoms with Gasteiger partial charge < -0.3 is 10.4 Å². The van der Waals surface area contributed by atoms with E-state index in [0.717, 1.165) is 23.3 Å². The lowest BCUT2D eigenvalue weighted by molar-refractivity contribution is 0.477. The molecule has 0 aliphatic heterocycles. The molecule has 3 N–H and O–H groups in total. The normalized spacial score (nSPS) is 11.6. The second-order valence-corrected chi connectivity index (χ2v) is 10.1. The molecule has 5 aromatic rings. The number of para-hydroxylation sites is 1. The molecule has 0 amide bonds. The first-order valence-corrected chi connectivity index (χ1v) is 12.8. The Kier molecular flexibility index (Phi) is 6.64. The van der Waals surface area contributed by atoms with Gasteiger partial charge in [0.25, 0.3) is 0 Å². The summed E-state index contributed by atoms with van der Waals surface area (Å²) in [5.74, 6) is 0.242. The minimum Gasteiger partial charge on any atom is -0.507 e. The molecular formula is C26H21BFN5O3S. The Morgan fingerprint density at radius 2 is 1.62 bits per heavy atom. The molecule has 3 aromatic carbocycles. The fourth-order valence-electron chi connectivity index (χ4n) is 3.78. The standard InChI is InChI=1S/C26H21BFN5O3S/c27-22-16-30-33-25(13-23(32-26(22)33)21-3-1-2-4-24(21)34)29-14-17-5-7-18(8-6-17)15-31-37(35,36)20-11-9-19(28)10-12-20/h1-13,16,29,31,34H,14-15H2. The molecule has 8 nitrogen and oxygen atoms in total. The first-order valence-electron chi connectivity index (χ1n) is 11.3. The molecule has 0 aliphatic carbocycles. The molecule has 0 bridgehead atoms. The highest BCUT2D eigenvalue weighted by Crippen LogP contribution is 2.29. The summed E-state index contributed by atoms with van der Waals surface area (Å²) in [7, 11) is 2.30. The molecule has 0 saturated heterocycles. The largest absolute Gasteiger partial charge is 0.507 e. The third-order valence-corrected chi connectivity index (χ3v) is 7.18. The molecular weight excluding hydrogens is 492 g/mol. The van der Waals surface area contributed by atoms with Gasteiger partial charge in [0, 0.05) is 30.9 Å². The molecule has 11 heteroatoms. The van der Waals surface area contributed by atoms with E-state index in [1.54, 1.807) is 28.8 Å². The van der Waals surface area contributed by atoms with E-state index >= 15 is 0 Å². The van der Waals surface area contributed by atoms with Gasteiger partial charge >= 0.3 is 0 Å². The van der Waals surface area contributed by atoms with Gasteiger partial charge in [-0.05, 0) is 53.0 Å². The predicted octanol–water partition coefficient (Wildman–Crippen LogP) is 3.13. The van der Waals surface area contributed by atoms with Crippen LogP contribution in [0.2, 0.25) is 0 Å². The van der Waals surface area contributed by atoms with E-state index in [9.17, 15) is 17.9 Å². The lowest BCUT2D eigenvalue weighted by Gasteiger charge is -2.12. The lowest BCUT2D eigenvalue weighted by Crippen LogP contribution is -2.23. The molecule has 0 saturated carbocycles. The topological polar surface area (TPSA) is 109 Å². The van der Waals surface area contributed by atoms with E-state index in [1.165, 1.54) is 18.3 Å². The number of halogens is 1. The maximum absolute atomic E-state index is 13.1. The van der Waals surface area contributed by atoms with Crippen LogP contribution in [-0.4, -0.2) is 36.0 Å². The number of nitrogens with zero attached hydrogens (tertiary/aromatic N) is 3. The number of fused-ring (bicyclic) bond motifs is 1. The lowest BCUT2D eigenvalue weighted by atomic mass is 10.0. The van der Waals surface area contributed by atoms with Gasteiger partial charge in [-0.1, -0.05) is 36.4 Å². The Morgan fingerprint density at radius 3 is 2.32 bits per heavy atom. The first-order chi connectivity index (χ1) is 17.8. The van der Waals surface area contributed by atoms with E-state index in [-0.39, 0.29) is 17.2 Å². The van der Waals surface area contributed by atoms with Gasteiger partial charge in [-0.3, -0.25) is 0 Å². The highest BCUT2D eigenvalue weighted by atomic mass is 32.2. The second-order valence-electron chi connectivity index (χ2n) is 8.33. The van der Waals surface area contributed by atoms with Gasteiger partial charge in [-0.2, -0.15) is 9.61 Å². The number of benzene rings is 3. The molecule has 37 heavy (non-hydrogen) atoms. The molecule has 0 aliphatic rings. The van der Waals surface area contributed by atoms with Crippen molar-refractivity contribution < 1.29 is 17.9 Å². The van der Waals surface area contributed by atoms with Crippen molar-refractivity contribution in [1.82, 2.24) is 19.3 Å². The summed E-state index contributed by atoms with van der Waals surface area (Å²) in [6, 6.07) is 20.8. The van der Waals surface area contributed by atoms with Gasteiger partial charge in [-0.25, -0.2) is 22.5 Å². The number of rotatable bonds is 8. The summed E-state index contributed by atoms with van der Waals surface area (Å²) in [5.41, 5.74) is 3.70. The van der Waals surface area contributed by atoms with Gasteiger partial charge in [0.2, 0.25) is 10.0 Å². The van der Waals surface area contributed by atoms with Crippen LogP contribution in [0, 0.1) is 5.82 Å². The van der Waals surface area contributed by atoms with Gasteiger partial charge in [0.15, 0.2) is 5.65 Å². The molecule has 2 aromatic heterocycles. The van der Waals surface area contributed by atoms with Crippen LogP contribution in [0.25, 0.3) is 16.9 Å². The van der Waals surface area contributed by atoms with E-state index in [0.29, 0.717) is 34.7 Å². The third kappa shape index (κ3) is 5.32. The SMILES string of the molecule is [B]c1cnn2c(NCc3ccc(CNS(=O)(=O)c4ccc(F)cc4)cc3)cc(-c3ccccc3O)nc12. The minimum absolute atomic E-state index is 0.000773. The number of aromatic nitrogens is 3. The number of aromatic hydroxyl groups is 1. The van der Waals surface area contributed by atoms with Crippen LogP contribution in [0.5, 0.6) is 5.75 Å². The Bertz CT molecular complexity index is 1670. The molecule has 0 atom stereocenters. The Morgan fingerprint density at radius 1 is 0.946 bits per heavy atom. The molecule has 184 valence electrons. The fourth-order valence-corrected chi connectivity index (χ4v) is 4.79. The van der Waals surface area contributed by atoms with Crippen molar-refractivity contribution in [3.8, 4) is 17.0 Å². The number of sulfonamides is 1. The summed E-state index contributed by atoms with van der Waals surface area (Å²) < 4.78 is 42.0. The quantitative estimate of drug-likeness (QED) is 0.275. The highest BCUT2D eigenvalue weighted by molar-refractivity contribution is 7.89. The second kappa shape index (κ2) is 10.0. The zero-order valence-corrected chi connectivity index (χ0v) is 20.3. The smallest absolute Gasteiger partial charge is 0.240 e. The number of phenolic OH excluding ortho intramolecular Hbond substituents is 1. The van der Waals surface area contributed by atoms with Crippen molar-refractivity contribution >= 4 is 34.8 Å². The van der Waals surface area contributed by atoms with Crippen LogP contribution >= 0.6 is 0 Å². The average Bonchev–Trinajstić information content (AvgIpc) is 3.28. The summed E-state index contributed by atoms with van der Waals surface area (Å²) in [6.07, 6.45) is 1.52. The van der Waals surface area contributed by atoms with Crippen LogP contribution in [0.1, 0.15) is 11.1 Å². The van der Waals surface area contributed by atoms with Crippen molar-refractivity contribution in [3.63, 3.8) is 0 Å². The highest BCUT2D eigenvalue weighted by Gasteiger charge is 2.14. The van der Waals surface area contributed by atoms with Crippen LogP contribution in [0.3, 0.4) is 0 Å². The molecule has 0 spiro atoms. The van der Waals surface area contributed by atoms with Crippen LogP contribution in [0.15, 0.2) is 90.0 Å². The molecule has 5 rings (SSSR count). The number of hydrogen-bond acceptors (Lipinski definition) is 6. The van der Waals surface area contributed by atoms with Crippen molar-refractivity contribution in [2.45, 2.75) is 18.0 Å². The van der Waals surface area contributed by atoms with Gasteiger partial charge in [0.05, 0.1) is 10.6 Å². The summed E-state index contributed by atoms with van der Waals surface area (Å²) in [6.45, 7) is 0.537. The van der Waals surface area contributed by atoms with E-state index in [2.05, 4.69) is 20.1 Å². The molecule has 0 unspecified atom stereocenters. The summed E-state index contributed by atoms with van der Waals surface area (Å²) in [4.78, 5) is 4.56. The molecule has 0 fully saturated rings. The number of phenols is 1.